The number of aromatic nitrogens is 2. The standard InChI is InChI=1S/C7H3BrN3O2.Na/c8-7-4-2-1-3-5(11(12)13)6(4)9-10-7;/h1-3H;/q-1;+1. The molecule has 0 atom stereocenters. The van der Waals surface area contributed by atoms with Gasteiger partial charge < -0.3 is 10.2 Å². The Kier molecular flexibility index (Phi) is 3.65. The van der Waals surface area contributed by atoms with Gasteiger partial charge in [-0.05, 0) is 26.8 Å². The van der Waals surface area contributed by atoms with E-state index in [-0.39, 0.29) is 35.2 Å². The third-order valence-electron chi connectivity index (χ3n) is 1.67. The number of non-ortho nitro benzene ring substituents is 1. The quantitative estimate of drug-likeness (QED) is 0.371. The predicted octanol–water partition coefficient (Wildman–Crippen LogP) is -1.13. The summed E-state index contributed by atoms with van der Waals surface area (Å²) in [6.07, 6.45) is 0. The van der Waals surface area contributed by atoms with Crippen molar-refractivity contribution in [2.24, 2.45) is 0 Å². The van der Waals surface area contributed by atoms with Gasteiger partial charge in [0.2, 0.25) is 0 Å². The summed E-state index contributed by atoms with van der Waals surface area (Å²) in [4.78, 5) is 10.1. The van der Waals surface area contributed by atoms with Crippen LogP contribution in [0, 0.1) is 10.1 Å². The second kappa shape index (κ2) is 4.39. The number of hydrogen-bond donors (Lipinski definition) is 0. The first-order valence-electron chi connectivity index (χ1n) is 3.42. The van der Waals surface area contributed by atoms with Gasteiger partial charge in [-0.2, -0.15) is 0 Å². The van der Waals surface area contributed by atoms with Crippen molar-refractivity contribution in [3.63, 3.8) is 0 Å². The van der Waals surface area contributed by atoms with Gasteiger partial charge in [0.25, 0.3) is 5.69 Å². The molecule has 0 radical (unpaired) electrons. The number of hydrogen-bond acceptors (Lipinski definition) is 3. The molecule has 0 fully saturated rings. The average molecular weight is 264 g/mol. The summed E-state index contributed by atoms with van der Waals surface area (Å²) in [6, 6.07) is 4.74. The Balaban J connectivity index is 0.000000980. The molecule has 14 heavy (non-hydrogen) atoms. The Bertz CT molecular complexity index is 485. The van der Waals surface area contributed by atoms with Crippen LogP contribution in [0.25, 0.3) is 10.9 Å². The van der Waals surface area contributed by atoms with Crippen molar-refractivity contribution in [1.82, 2.24) is 10.2 Å². The minimum Gasteiger partial charge on any atom is -0.568 e. The minimum atomic E-state index is -0.469. The second-order valence-corrected chi connectivity index (χ2v) is 3.17. The third kappa shape index (κ3) is 1.83. The van der Waals surface area contributed by atoms with Gasteiger partial charge in [0.05, 0.1) is 9.53 Å². The van der Waals surface area contributed by atoms with E-state index in [1.165, 1.54) is 6.07 Å². The van der Waals surface area contributed by atoms with Crippen LogP contribution in [-0.2, 0) is 0 Å². The molecule has 0 bridgehead atoms. The van der Waals surface area contributed by atoms with Gasteiger partial charge in [0.1, 0.15) is 0 Å². The van der Waals surface area contributed by atoms with E-state index in [1.54, 1.807) is 12.1 Å². The molecule has 0 amide bonds. The molecule has 0 aliphatic carbocycles. The zero-order valence-corrected chi connectivity index (χ0v) is 10.9. The van der Waals surface area contributed by atoms with E-state index in [0.29, 0.717) is 15.5 Å². The molecule has 1 aromatic heterocycles. The van der Waals surface area contributed by atoms with E-state index in [2.05, 4.69) is 26.1 Å². The molecule has 0 spiro atoms. The van der Waals surface area contributed by atoms with Gasteiger partial charge >= 0.3 is 29.6 Å². The molecule has 0 saturated carbocycles. The Morgan fingerprint density at radius 2 is 2.21 bits per heavy atom. The van der Waals surface area contributed by atoms with E-state index in [0.717, 1.165) is 0 Å². The molecule has 0 aliphatic rings. The maximum absolute atomic E-state index is 10.5. The van der Waals surface area contributed by atoms with E-state index in [1.807, 2.05) is 0 Å². The molecule has 5 nitrogen and oxygen atoms in total. The number of nitro benzene ring substituents is 1. The molecular formula is C7H3BrN3NaO2. The number of fused-ring (bicyclic) bond motifs is 1. The van der Waals surface area contributed by atoms with E-state index in [9.17, 15) is 10.1 Å². The summed E-state index contributed by atoms with van der Waals surface area (Å²) in [5.41, 5.74) is 0.301. The van der Waals surface area contributed by atoms with Crippen molar-refractivity contribution in [1.29, 1.82) is 0 Å². The zero-order chi connectivity index (χ0) is 9.42. The fourth-order valence-electron chi connectivity index (χ4n) is 1.10. The molecule has 1 heterocycles. The molecule has 2 rings (SSSR count). The minimum absolute atomic E-state index is 0. The number of halogens is 1. The Morgan fingerprint density at radius 1 is 1.50 bits per heavy atom. The first-order valence-corrected chi connectivity index (χ1v) is 4.21. The normalized spacial score (nSPS) is 9.79. The molecular weight excluding hydrogens is 261 g/mol. The smallest absolute Gasteiger partial charge is 0.568 e. The van der Waals surface area contributed by atoms with Gasteiger partial charge in [0, 0.05) is 6.07 Å². The molecule has 7 heteroatoms. The Hall–Kier alpha value is -0.430. The molecule has 0 N–H and O–H groups in total. The van der Waals surface area contributed by atoms with Gasteiger partial charge in [-0.15, -0.1) is 0 Å². The molecule has 2 aromatic rings. The van der Waals surface area contributed by atoms with Crippen LogP contribution < -0.4 is 34.7 Å². The van der Waals surface area contributed by atoms with Crippen molar-refractivity contribution >= 4 is 32.5 Å². The second-order valence-electron chi connectivity index (χ2n) is 2.42. The molecule has 1 aromatic carbocycles. The van der Waals surface area contributed by atoms with Crippen LogP contribution in [0.5, 0.6) is 0 Å². The first-order chi connectivity index (χ1) is 6.20. The monoisotopic (exact) mass is 263 g/mol. The van der Waals surface area contributed by atoms with E-state index >= 15 is 0 Å². The summed E-state index contributed by atoms with van der Waals surface area (Å²) >= 11 is 3.15. The van der Waals surface area contributed by atoms with E-state index < -0.39 is 4.92 Å². The SMILES string of the molecule is O=[N+]([O-])c1cccc2c(Br)n[n-]c12.[Na+]. The van der Waals surface area contributed by atoms with Crippen molar-refractivity contribution < 1.29 is 34.5 Å². The maximum Gasteiger partial charge on any atom is 1.00 e. The maximum atomic E-state index is 10.5. The van der Waals surface area contributed by atoms with Crippen molar-refractivity contribution in [3.8, 4) is 0 Å². The fourth-order valence-corrected chi connectivity index (χ4v) is 1.50. The number of nitro groups is 1. The number of rotatable bonds is 1. The molecule has 0 unspecified atom stereocenters. The number of benzene rings is 1. The molecule has 66 valence electrons. The number of nitrogens with zero attached hydrogens (tertiary/aromatic N) is 3. The molecule has 0 aliphatic heterocycles. The largest absolute Gasteiger partial charge is 1.00 e. The summed E-state index contributed by atoms with van der Waals surface area (Å²) in [7, 11) is 0. The van der Waals surface area contributed by atoms with Crippen LogP contribution in [0.4, 0.5) is 5.69 Å². The van der Waals surface area contributed by atoms with Gasteiger partial charge in [-0.3, -0.25) is 10.1 Å². The van der Waals surface area contributed by atoms with Crippen LogP contribution in [0.2, 0.25) is 0 Å². The topological polar surface area (TPSA) is 70.1 Å². The van der Waals surface area contributed by atoms with Crippen molar-refractivity contribution in [2.45, 2.75) is 0 Å². The zero-order valence-electron chi connectivity index (χ0n) is 7.27. The van der Waals surface area contributed by atoms with Crippen LogP contribution in [0.15, 0.2) is 22.8 Å². The Labute approximate surface area is 109 Å². The van der Waals surface area contributed by atoms with Crippen LogP contribution in [0.1, 0.15) is 0 Å². The van der Waals surface area contributed by atoms with Crippen LogP contribution >= 0.6 is 15.9 Å². The first kappa shape index (κ1) is 11.6. The van der Waals surface area contributed by atoms with Gasteiger partial charge in [-0.1, -0.05) is 12.1 Å². The molecule has 0 saturated heterocycles. The predicted molar refractivity (Wildman–Crippen MR) is 49.4 cm³/mol. The van der Waals surface area contributed by atoms with Crippen LogP contribution in [-0.4, -0.2) is 10.0 Å². The average Bonchev–Trinajstić information content (AvgIpc) is 2.48. The van der Waals surface area contributed by atoms with Crippen LogP contribution in [0.3, 0.4) is 0 Å². The van der Waals surface area contributed by atoms with E-state index in [4.69, 9.17) is 0 Å². The van der Waals surface area contributed by atoms with Gasteiger partial charge in [0.15, 0.2) is 0 Å². The summed E-state index contributed by atoms with van der Waals surface area (Å²) in [5.74, 6) is 0. The summed E-state index contributed by atoms with van der Waals surface area (Å²) in [5, 5.41) is 18.6. The van der Waals surface area contributed by atoms with Crippen molar-refractivity contribution in [2.75, 3.05) is 0 Å². The fraction of sp³-hybridized carbons (Fsp3) is 0. The third-order valence-corrected chi connectivity index (χ3v) is 2.26. The summed E-state index contributed by atoms with van der Waals surface area (Å²) < 4.78 is 0.534. The van der Waals surface area contributed by atoms with Crippen molar-refractivity contribution in [3.05, 3.63) is 32.9 Å². The summed E-state index contributed by atoms with van der Waals surface area (Å²) in [6.45, 7) is 0. The Morgan fingerprint density at radius 3 is 2.86 bits per heavy atom. The van der Waals surface area contributed by atoms with Gasteiger partial charge in [-0.25, -0.2) is 0 Å².